The zero-order chi connectivity index (χ0) is 51.4. The van der Waals surface area contributed by atoms with Gasteiger partial charge in [-0.05, 0) is 77.0 Å². The Balaban J connectivity index is 4.34. The molecule has 0 aliphatic carbocycles. The molecule has 0 aliphatic heterocycles. The highest BCUT2D eigenvalue weighted by Crippen LogP contribution is 2.17. The molecule has 0 fully saturated rings. The van der Waals surface area contributed by atoms with Crippen LogP contribution in [0.1, 0.15) is 342 Å². The number of rotatable bonds is 58. The standard InChI is InChI=1S/C65H120O6/c1-4-7-10-13-16-19-22-25-28-31-32-35-37-40-43-46-49-52-55-58-64(67)70-61-62(71-65(68)59-56-53-50-47-44-41-38-34-30-27-24-21-18-15-12-9-6-3)60-69-63(66)57-54-51-48-45-42-39-36-33-29-26-23-20-17-14-11-8-5-2/h16,19,25-26,28-29,62H,4-15,17-18,20-24,27,30-61H2,1-3H3/b19-16-,28-25-,29-26-/t62-/m0/s1. The van der Waals surface area contributed by atoms with Crippen LogP contribution in [0.5, 0.6) is 0 Å². The molecule has 0 aromatic carbocycles. The second-order valence-electron chi connectivity index (χ2n) is 21.3. The third-order valence-corrected chi connectivity index (χ3v) is 14.1. The van der Waals surface area contributed by atoms with E-state index < -0.39 is 6.10 Å². The molecule has 71 heavy (non-hydrogen) atoms. The summed E-state index contributed by atoms with van der Waals surface area (Å²) in [6.45, 7) is 6.66. The molecule has 0 heterocycles. The predicted octanol–water partition coefficient (Wildman–Crippen LogP) is 21.2. The molecule has 0 radical (unpaired) electrons. The molecule has 6 nitrogen and oxygen atoms in total. The smallest absolute Gasteiger partial charge is 0.306 e. The molecule has 0 bridgehead atoms. The number of hydrogen-bond donors (Lipinski definition) is 0. The number of ether oxygens (including phenoxy) is 3. The van der Waals surface area contributed by atoms with E-state index in [1.165, 1.54) is 238 Å². The molecule has 0 rings (SSSR count). The van der Waals surface area contributed by atoms with Gasteiger partial charge in [0.25, 0.3) is 0 Å². The average Bonchev–Trinajstić information content (AvgIpc) is 3.37. The first-order valence-electron chi connectivity index (χ1n) is 31.5. The van der Waals surface area contributed by atoms with Crippen LogP contribution in [-0.4, -0.2) is 37.2 Å². The lowest BCUT2D eigenvalue weighted by Crippen LogP contribution is -2.30. The van der Waals surface area contributed by atoms with Crippen molar-refractivity contribution in [3.63, 3.8) is 0 Å². The van der Waals surface area contributed by atoms with Crippen molar-refractivity contribution < 1.29 is 28.6 Å². The largest absolute Gasteiger partial charge is 0.462 e. The molecule has 0 unspecified atom stereocenters. The van der Waals surface area contributed by atoms with Crippen molar-refractivity contribution in [2.24, 2.45) is 0 Å². The summed E-state index contributed by atoms with van der Waals surface area (Å²) in [6.07, 6.45) is 72.8. The highest BCUT2D eigenvalue weighted by Gasteiger charge is 2.19. The number of hydrogen-bond acceptors (Lipinski definition) is 6. The van der Waals surface area contributed by atoms with E-state index in [9.17, 15) is 14.4 Å². The zero-order valence-electron chi connectivity index (χ0n) is 47.8. The van der Waals surface area contributed by atoms with Crippen molar-refractivity contribution in [3.8, 4) is 0 Å². The first-order chi connectivity index (χ1) is 35.0. The fourth-order valence-corrected chi connectivity index (χ4v) is 9.35. The maximum atomic E-state index is 12.9. The average molecular weight is 998 g/mol. The van der Waals surface area contributed by atoms with E-state index in [4.69, 9.17) is 14.2 Å². The van der Waals surface area contributed by atoms with E-state index >= 15 is 0 Å². The van der Waals surface area contributed by atoms with Gasteiger partial charge >= 0.3 is 17.9 Å². The Labute approximate surface area is 442 Å². The molecule has 0 N–H and O–H groups in total. The second-order valence-corrected chi connectivity index (χ2v) is 21.3. The van der Waals surface area contributed by atoms with Crippen molar-refractivity contribution in [2.45, 2.75) is 348 Å². The van der Waals surface area contributed by atoms with E-state index in [1.54, 1.807) is 0 Å². The minimum Gasteiger partial charge on any atom is -0.462 e. The number of unbranched alkanes of at least 4 members (excludes halogenated alkanes) is 41. The first kappa shape index (κ1) is 68.6. The van der Waals surface area contributed by atoms with Gasteiger partial charge in [-0.15, -0.1) is 0 Å². The maximum Gasteiger partial charge on any atom is 0.306 e. The minimum absolute atomic E-state index is 0.0716. The Morgan fingerprint density at radius 3 is 0.817 bits per heavy atom. The summed E-state index contributed by atoms with van der Waals surface area (Å²) >= 11 is 0. The molecule has 0 aromatic heterocycles. The summed E-state index contributed by atoms with van der Waals surface area (Å²) in [5.41, 5.74) is 0. The van der Waals surface area contributed by atoms with E-state index in [1.807, 2.05) is 0 Å². The second kappa shape index (κ2) is 60.2. The summed E-state index contributed by atoms with van der Waals surface area (Å²) in [6, 6.07) is 0. The van der Waals surface area contributed by atoms with Gasteiger partial charge in [-0.3, -0.25) is 14.4 Å². The van der Waals surface area contributed by atoms with Gasteiger partial charge in [0.2, 0.25) is 0 Å². The molecular formula is C65H120O6. The highest BCUT2D eigenvalue weighted by atomic mass is 16.6. The van der Waals surface area contributed by atoms with Crippen LogP contribution in [-0.2, 0) is 28.6 Å². The van der Waals surface area contributed by atoms with Crippen LogP contribution in [0.4, 0.5) is 0 Å². The first-order valence-corrected chi connectivity index (χ1v) is 31.5. The fraction of sp³-hybridized carbons (Fsp3) is 0.862. The van der Waals surface area contributed by atoms with Crippen molar-refractivity contribution in [3.05, 3.63) is 36.5 Å². The topological polar surface area (TPSA) is 78.9 Å². The monoisotopic (exact) mass is 997 g/mol. The third kappa shape index (κ3) is 58.4. The molecule has 6 heteroatoms. The quantitative estimate of drug-likeness (QED) is 0.0261. The van der Waals surface area contributed by atoms with Gasteiger partial charge < -0.3 is 14.2 Å². The third-order valence-electron chi connectivity index (χ3n) is 14.1. The van der Waals surface area contributed by atoms with Crippen molar-refractivity contribution in [2.75, 3.05) is 13.2 Å². The van der Waals surface area contributed by atoms with Crippen LogP contribution in [0.15, 0.2) is 36.5 Å². The lowest BCUT2D eigenvalue weighted by Gasteiger charge is -2.18. The molecule has 0 amide bonds. The zero-order valence-corrected chi connectivity index (χ0v) is 47.8. The molecular weight excluding hydrogens is 877 g/mol. The van der Waals surface area contributed by atoms with Crippen molar-refractivity contribution in [1.29, 1.82) is 0 Å². The van der Waals surface area contributed by atoms with Crippen LogP contribution >= 0.6 is 0 Å². The maximum absolute atomic E-state index is 12.9. The van der Waals surface area contributed by atoms with E-state index in [0.717, 1.165) is 64.2 Å². The number of esters is 3. The van der Waals surface area contributed by atoms with Gasteiger partial charge in [0.15, 0.2) is 6.10 Å². The van der Waals surface area contributed by atoms with Crippen LogP contribution in [0.3, 0.4) is 0 Å². The summed E-state index contributed by atoms with van der Waals surface area (Å²) in [7, 11) is 0. The normalized spacial score (nSPS) is 12.2. The summed E-state index contributed by atoms with van der Waals surface area (Å²) in [5, 5.41) is 0. The summed E-state index contributed by atoms with van der Waals surface area (Å²) in [5.74, 6) is -0.856. The molecule has 0 saturated heterocycles. The van der Waals surface area contributed by atoms with Gasteiger partial charge in [-0.2, -0.15) is 0 Å². The van der Waals surface area contributed by atoms with Crippen molar-refractivity contribution in [1.82, 2.24) is 0 Å². The van der Waals surface area contributed by atoms with E-state index in [2.05, 4.69) is 57.2 Å². The number of carbonyl (C=O) groups is 3. The minimum atomic E-state index is -0.773. The van der Waals surface area contributed by atoms with Crippen LogP contribution in [0.25, 0.3) is 0 Å². The van der Waals surface area contributed by atoms with E-state index in [-0.39, 0.29) is 31.1 Å². The Morgan fingerprint density at radius 2 is 0.507 bits per heavy atom. The highest BCUT2D eigenvalue weighted by molar-refractivity contribution is 5.71. The van der Waals surface area contributed by atoms with Gasteiger partial charge in [0.1, 0.15) is 13.2 Å². The Hall–Kier alpha value is -2.37. The molecule has 0 saturated carbocycles. The van der Waals surface area contributed by atoms with Gasteiger partial charge in [0.05, 0.1) is 0 Å². The number of carbonyl (C=O) groups excluding carboxylic acids is 3. The fourth-order valence-electron chi connectivity index (χ4n) is 9.35. The lowest BCUT2D eigenvalue weighted by atomic mass is 10.0. The van der Waals surface area contributed by atoms with Crippen molar-refractivity contribution >= 4 is 17.9 Å². The Morgan fingerprint density at radius 1 is 0.282 bits per heavy atom. The van der Waals surface area contributed by atoms with E-state index in [0.29, 0.717) is 19.3 Å². The van der Waals surface area contributed by atoms with Gasteiger partial charge in [0, 0.05) is 19.3 Å². The molecule has 0 aromatic rings. The Kier molecular flexibility index (Phi) is 58.2. The Bertz CT molecular complexity index is 1190. The van der Waals surface area contributed by atoms with Crippen LogP contribution < -0.4 is 0 Å². The summed E-state index contributed by atoms with van der Waals surface area (Å²) < 4.78 is 16.9. The lowest BCUT2D eigenvalue weighted by molar-refractivity contribution is -0.167. The SMILES string of the molecule is CCCCC/C=C\C/C=C\CCCCCCCCCCCC(=O)OC[C@H](COC(=O)CCCCCCCCC/C=C\CCCCCCCC)OC(=O)CCCCCCCCCCCCCCCCCCC. The molecule has 416 valence electrons. The van der Waals surface area contributed by atoms with Gasteiger partial charge in [-0.25, -0.2) is 0 Å². The van der Waals surface area contributed by atoms with Crippen LogP contribution in [0, 0.1) is 0 Å². The molecule has 0 spiro atoms. The van der Waals surface area contributed by atoms with Gasteiger partial charge in [-0.1, -0.05) is 282 Å². The molecule has 1 atom stereocenters. The molecule has 0 aliphatic rings. The van der Waals surface area contributed by atoms with Crippen LogP contribution in [0.2, 0.25) is 0 Å². The predicted molar refractivity (Wildman–Crippen MR) is 307 cm³/mol. The number of allylic oxidation sites excluding steroid dienone is 6. The summed E-state index contributed by atoms with van der Waals surface area (Å²) in [4.78, 5) is 38.3.